The molecular formula is C22H25N3O2S. The number of carbonyl (C=O) groups excluding carboxylic acids is 2. The quantitative estimate of drug-likeness (QED) is 0.772. The third-order valence-corrected chi connectivity index (χ3v) is 5.22. The molecule has 28 heavy (non-hydrogen) atoms. The van der Waals surface area contributed by atoms with E-state index in [0.29, 0.717) is 22.7 Å². The molecule has 0 aliphatic carbocycles. The van der Waals surface area contributed by atoms with E-state index in [1.54, 1.807) is 24.3 Å². The SMILES string of the molecule is Cc1ccc(C(=O)NC(=S)Nc2ccccc2C(=O)N2CCC(C)CC2)cc1. The number of amides is 2. The van der Waals surface area contributed by atoms with Crippen molar-refractivity contribution >= 4 is 34.8 Å². The Morgan fingerprint density at radius 3 is 2.36 bits per heavy atom. The topological polar surface area (TPSA) is 61.4 Å². The van der Waals surface area contributed by atoms with Gasteiger partial charge in [-0.3, -0.25) is 14.9 Å². The molecule has 1 aliphatic heterocycles. The van der Waals surface area contributed by atoms with Crippen LogP contribution in [0.15, 0.2) is 48.5 Å². The van der Waals surface area contributed by atoms with Gasteiger partial charge in [0.05, 0.1) is 11.3 Å². The fourth-order valence-corrected chi connectivity index (χ4v) is 3.40. The first-order valence-electron chi connectivity index (χ1n) is 9.51. The number of rotatable bonds is 3. The highest BCUT2D eigenvalue weighted by molar-refractivity contribution is 7.80. The number of nitrogens with one attached hydrogen (secondary N) is 2. The number of aryl methyl sites for hydroxylation is 1. The molecule has 2 aromatic carbocycles. The number of para-hydroxylation sites is 1. The predicted molar refractivity (Wildman–Crippen MR) is 116 cm³/mol. The van der Waals surface area contributed by atoms with Gasteiger partial charge < -0.3 is 10.2 Å². The van der Waals surface area contributed by atoms with Gasteiger partial charge in [-0.05, 0) is 62.2 Å². The van der Waals surface area contributed by atoms with Crippen molar-refractivity contribution < 1.29 is 9.59 Å². The summed E-state index contributed by atoms with van der Waals surface area (Å²) in [5.74, 6) is 0.357. The number of benzene rings is 2. The number of anilines is 1. The molecule has 0 spiro atoms. The molecular weight excluding hydrogens is 370 g/mol. The van der Waals surface area contributed by atoms with Crippen LogP contribution in [0.3, 0.4) is 0 Å². The van der Waals surface area contributed by atoms with Crippen molar-refractivity contribution in [2.24, 2.45) is 5.92 Å². The minimum atomic E-state index is -0.286. The summed E-state index contributed by atoms with van der Waals surface area (Å²) < 4.78 is 0. The van der Waals surface area contributed by atoms with Crippen LogP contribution in [0, 0.1) is 12.8 Å². The first-order chi connectivity index (χ1) is 13.4. The van der Waals surface area contributed by atoms with E-state index in [1.165, 1.54) is 0 Å². The van der Waals surface area contributed by atoms with E-state index in [4.69, 9.17) is 12.2 Å². The molecule has 0 bridgehead atoms. The fourth-order valence-electron chi connectivity index (χ4n) is 3.19. The lowest BCUT2D eigenvalue weighted by Gasteiger charge is -2.30. The molecule has 2 N–H and O–H groups in total. The van der Waals surface area contributed by atoms with E-state index in [-0.39, 0.29) is 16.9 Å². The van der Waals surface area contributed by atoms with Gasteiger partial charge in [0.15, 0.2) is 5.11 Å². The smallest absolute Gasteiger partial charge is 0.257 e. The maximum Gasteiger partial charge on any atom is 0.257 e. The van der Waals surface area contributed by atoms with Gasteiger partial charge in [0, 0.05) is 18.7 Å². The van der Waals surface area contributed by atoms with Gasteiger partial charge in [0.1, 0.15) is 0 Å². The Morgan fingerprint density at radius 2 is 1.68 bits per heavy atom. The minimum absolute atomic E-state index is 0.0114. The van der Waals surface area contributed by atoms with Gasteiger partial charge in [-0.1, -0.05) is 36.8 Å². The molecule has 1 saturated heterocycles. The van der Waals surface area contributed by atoms with E-state index in [1.807, 2.05) is 36.1 Å². The number of piperidine rings is 1. The molecule has 6 heteroatoms. The van der Waals surface area contributed by atoms with Crippen LogP contribution in [-0.2, 0) is 0 Å². The highest BCUT2D eigenvalue weighted by Gasteiger charge is 2.23. The summed E-state index contributed by atoms with van der Waals surface area (Å²) in [7, 11) is 0. The Kier molecular flexibility index (Phi) is 6.41. The van der Waals surface area contributed by atoms with Gasteiger partial charge in [0.2, 0.25) is 0 Å². The first kappa shape index (κ1) is 20.0. The summed E-state index contributed by atoms with van der Waals surface area (Å²) in [6.07, 6.45) is 2.04. The van der Waals surface area contributed by atoms with Crippen LogP contribution in [0.4, 0.5) is 5.69 Å². The third-order valence-electron chi connectivity index (χ3n) is 5.02. The average molecular weight is 396 g/mol. The largest absolute Gasteiger partial charge is 0.339 e. The van der Waals surface area contributed by atoms with E-state index in [0.717, 1.165) is 31.5 Å². The Balaban J connectivity index is 1.67. The molecule has 3 rings (SSSR count). The normalized spacial score (nSPS) is 14.4. The molecule has 5 nitrogen and oxygen atoms in total. The molecule has 0 unspecified atom stereocenters. The van der Waals surface area contributed by atoms with Crippen LogP contribution in [0.1, 0.15) is 46.0 Å². The lowest BCUT2D eigenvalue weighted by molar-refractivity contribution is 0.0698. The Bertz CT molecular complexity index is 872. The van der Waals surface area contributed by atoms with Gasteiger partial charge >= 0.3 is 0 Å². The molecule has 0 aromatic heterocycles. The number of hydrogen-bond acceptors (Lipinski definition) is 3. The molecule has 0 atom stereocenters. The molecule has 2 aromatic rings. The number of nitrogens with zero attached hydrogens (tertiary/aromatic N) is 1. The summed E-state index contributed by atoms with van der Waals surface area (Å²) in [5, 5.41) is 5.84. The molecule has 1 fully saturated rings. The van der Waals surface area contributed by atoms with Crippen LogP contribution in [0.2, 0.25) is 0 Å². The van der Waals surface area contributed by atoms with Crippen molar-refractivity contribution in [2.45, 2.75) is 26.7 Å². The zero-order valence-corrected chi connectivity index (χ0v) is 17.0. The van der Waals surface area contributed by atoms with E-state index in [2.05, 4.69) is 17.6 Å². The number of hydrogen-bond donors (Lipinski definition) is 2. The van der Waals surface area contributed by atoms with Crippen LogP contribution in [0.5, 0.6) is 0 Å². The van der Waals surface area contributed by atoms with Gasteiger partial charge in [-0.2, -0.15) is 0 Å². The summed E-state index contributed by atoms with van der Waals surface area (Å²) in [6.45, 7) is 5.71. The van der Waals surface area contributed by atoms with E-state index < -0.39 is 0 Å². The number of carbonyl (C=O) groups is 2. The van der Waals surface area contributed by atoms with Crippen LogP contribution in [0.25, 0.3) is 0 Å². The van der Waals surface area contributed by atoms with Crippen molar-refractivity contribution in [2.75, 3.05) is 18.4 Å². The van der Waals surface area contributed by atoms with Crippen LogP contribution in [-0.4, -0.2) is 34.9 Å². The fraction of sp³-hybridized carbons (Fsp3) is 0.318. The molecule has 1 heterocycles. The molecule has 1 aliphatic rings. The van der Waals surface area contributed by atoms with Gasteiger partial charge in [-0.15, -0.1) is 0 Å². The minimum Gasteiger partial charge on any atom is -0.339 e. The molecule has 146 valence electrons. The zero-order chi connectivity index (χ0) is 20.1. The van der Waals surface area contributed by atoms with Crippen molar-refractivity contribution in [3.05, 3.63) is 65.2 Å². The van der Waals surface area contributed by atoms with Crippen LogP contribution >= 0.6 is 12.2 Å². The highest BCUT2D eigenvalue weighted by Crippen LogP contribution is 2.22. The second-order valence-electron chi connectivity index (χ2n) is 7.29. The molecule has 0 saturated carbocycles. The van der Waals surface area contributed by atoms with Gasteiger partial charge in [-0.25, -0.2) is 0 Å². The maximum absolute atomic E-state index is 12.9. The lowest BCUT2D eigenvalue weighted by atomic mass is 9.98. The number of likely N-dealkylation sites (tertiary alicyclic amines) is 1. The van der Waals surface area contributed by atoms with Crippen molar-refractivity contribution in [1.29, 1.82) is 0 Å². The Hall–Kier alpha value is -2.73. The standard InChI is InChI=1S/C22H25N3O2S/c1-15-7-9-17(10-8-15)20(26)24-22(28)23-19-6-4-3-5-18(19)21(27)25-13-11-16(2)12-14-25/h3-10,16H,11-14H2,1-2H3,(H2,23,24,26,28). The molecule has 2 amide bonds. The second kappa shape index (κ2) is 8.97. The summed E-state index contributed by atoms with van der Waals surface area (Å²) in [5.41, 5.74) is 2.77. The Labute approximate surface area is 171 Å². The third kappa shape index (κ3) is 4.95. The second-order valence-corrected chi connectivity index (χ2v) is 7.70. The zero-order valence-electron chi connectivity index (χ0n) is 16.2. The van der Waals surface area contributed by atoms with Gasteiger partial charge in [0.25, 0.3) is 11.8 Å². The average Bonchev–Trinajstić information content (AvgIpc) is 2.69. The summed E-state index contributed by atoms with van der Waals surface area (Å²) in [4.78, 5) is 27.2. The lowest BCUT2D eigenvalue weighted by Crippen LogP contribution is -2.39. The number of thiocarbonyl (C=S) groups is 1. The highest BCUT2D eigenvalue weighted by atomic mass is 32.1. The maximum atomic E-state index is 12.9. The summed E-state index contributed by atoms with van der Waals surface area (Å²) in [6, 6.07) is 14.5. The van der Waals surface area contributed by atoms with Crippen molar-refractivity contribution in [1.82, 2.24) is 10.2 Å². The predicted octanol–water partition coefficient (Wildman–Crippen LogP) is 3.99. The van der Waals surface area contributed by atoms with E-state index >= 15 is 0 Å². The van der Waals surface area contributed by atoms with Crippen LogP contribution < -0.4 is 10.6 Å². The summed E-state index contributed by atoms with van der Waals surface area (Å²) >= 11 is 5.29. The van der Waals surface area contributed by atoms with Crippen molar-refractivity contribution in [3.8, 4) is 0 Å². The monoisotopic (exact) mass is 395 g/mol. The first-order valence-corrected chi connectivity index (χ1v) is 9.92. The van der Waals surface area contributed by atoms with E-state index in [9.17, 15) is 9.59 Å². The van der Waals surface area contributed by atoms with Crippen molar-refractivity contribution in [3.63, 3.8) is 0 Å². The Morgan fingerprint density at radius 1 is 1.04 bits per heavy atom. The molecule has 0 radical (unpaired) electrons.